The van der Waals surface area contributed by atoms with E-state index < -0.39 is 10.0 Å². The fourth-order valence-electron chi connectivity index (χ4n) is 3.40. The summed E-state index contributed by atoms with van der Waals surface area (Å²) < 4.78 is 27.1. The predicted octanol–water partition coefficient (Wildman–Crippen LogP) is 2.23. The van der Waals surface area contributed by atoms with Crippen molar-refractivity contribution in [2.24, 2.45) is 11.7 Å². The van der Waals surface area contributed by atoms with Crippen LogP contribution in [-0.4, -0.2) is 38.1 Å². The fraction of sp³-hybridized carbons (Fsp3) is 0.368. The van der Waals surface area contributed by atoms with E-state index in [9.17, 15) is 8.42 Å². The van der Waals surface area contributed by atoms with Crippen molar-refractivity contribution in [2.75, 3.05) is 25.4 Å². The molecule has 0 radical (unpaired) electrons. The molecule has 2 N–H and O–H groups in total. The van der Waals surface area contributed by atoms with Gasteiger partial charge in [-0.25, -0.2) is 12.7 Å². The third-order valence-electron chi connectivity index (χ3n) is 4.82. The van der Waals surface area contributed by atoms with Crippen molar-refractivity contribution in [3.63, 3.8) is 0 Å². The van der Waals surface area contributed by atoms with Gasteiger partial charge >= 0.3 is 0 Å². The van der Waals surface area contributed by atoms with E-state index >= 15 is 0 Å². The Morgan fingerprint density at radius 3 is 2.21 bits per heavy atom. The molecule has 2 atom stereocenters. The molecule has 0 saturated carbocycles. The van der Waals surface area contributed by atoms with Crippen LogP contribution in [0.2, 0.25) is 0 Å². The molecular formula is C19H24N2O2S. The Hall–Kier alpha value is -1.69. The van der Waals surface area contributed by atoms with Crippen molar-refractivity contribution in [3.8, 4) is 0 Å². The van der Waals surface area contributed by atoms with Crippen LogP contribution in [0.4, 0.5) is 0 Å². The van der Waals surface area contributed by atoms with Crippen molar-refractivity contribution in [1.29, 1.82) is 0 Å². The zero-order valence-corrected chi connectivity index (χ0v) is 14.5. The molecule has 0 aromatic heterocycles. The van der Waals surface area contributed by atoms with Gasteiger partial charge in [-0.1, -0.05) is 60.7 Å². The summed E-state index contributed by atoms with van der Waals surface area (Å²) in [5, 5.41) is 0. The summed E-state index contributed by atoms with van der Waals surface area (Å²) in [5.74, 6) is 0.511. The maximum Gasteiger partial charge on any atom is 0.214 e. The van der Waals surface area contributed by atoms with E-state index in [1.165, 1.54) is 5.56 Å². The highest BCUT2D eigenvalue weighted by atomic mass is 32.2. The van der Waals surface area contributed by atoms with Gasteiger partial charge in [0.05, 0.1) is 5.75 Å². The van der Waals surface area contributed by atoms with Gasteiger partial charge in [0.15, 0.2) is 0 Å². The van der Waals surface area contributed by atoms with Gasteiger partial charge in [0.25, 0.3) is 0 Å². The number of aryl methyl sites for hydroxylation is 1. The van der Waals surface area contributed by atoms with Gasteiger partial charge in [-0.15, -0.1) is 0 Å². The maximum atomic E-state index is 12.7. The lowest BCUT2D eigenvalue weighted by molar-refractivity contribution is 0.458. The summed E-state index contributed by atoms with van der Waals surface area (Å²) in [6, 6.07) is 19.8. The number of benzene rings is 2. The van der Waals surface area contributed by atoms with Crippen LogP contribution >= 0.6 is 0 Å². The van der Waals surface area contributed by atoms with E-state index in [0.29, 0.717) is 26.1 Å². The number of nitrogens with zero attached hydrogens (tertiary/aromatic N) is 1. The molecule has 0 bridgehead atoms. The first kappa shape index (κ1) is 17.1. The van der Waals surface area contributed by atoms with Crippen molar-refractivity contribution in [1.82, 2.24) is 4.31 Å². The van der Waals surface area contributed by atoms with Crippen LogP contribution in [0, 0.1) is 5.92 Å². The average molecular weight is 344 g/mol. The quantitative estimate of drug-likeness (QED) is 0.874. The van der Waals surface area contributed by atoms with Crippen molar-refractivity contribution in [2.45, 2.75) is 12.3 Å². The third-order valence-corrected chi connectivity index (χ3v) is 6.63. The molecule has 1 heterocycles. The molecule has 2 aromatic carbocycles. The molecule has 0 aliphatic carbocycles. The van der Waals surface area contributed by atoms with Gasteiger partial charge in [-0.2, -0.15) is 0 Å². The molecule has 0 amide bonds. The second kappa shape index (κ2) is 7.47. The zero-order chi connectivity index (χ0) is 17.0. The first-order valence-corrected chi connectivity index (χ1v) is 9.98. The second-order valence-corrected chi connectivity index (χ2v) is 8.47. The van der Waals surface area contributed by atoms with Gasteiger partial charge in [-0.05, 0) is 30.0 Å². The largest absolute Gasteiger partial charge is 0.330 e. The van der Waals surface area contributed by atoms with Gasteiger partial charge < -0.3 is 5.73 Å². The SMILES string of the molecule is NC[C@@H]1CN(S(=O)(=O)CCc2ccccc2)C[C@H]1c1ccccc1. The first-order chi connectivity index (χ1) is 11.6. The minimum Gasteiger partial charge on any atom is -0.330 e. The first-order valence-electron chi connectivity index (χ1n) is 8.37. The van der Waals surface area contributed by atoms with Crippen LogP contribution in [0.15, 0.2) is 60.7 Å². The maximum absolute atomic E-state index is 12.7. The summed E-state index contributed by atoms with van der Waals surface area (Å²) in [6.07, 6.45) is 0.545. The highest BCUT2D eigenvalue weighted by Gasteiger charge is 2.38. The summed E-state index contributed by atoms with van der Waals surface area (Å²) in [5.41, 5.74) is 8.14. The van der Waals surface area contributed by atoms with E-state index in [-0.39, 0.29) is 17.6 Å². The Labute approximate surface area is 144 Å². The van der Waals surface area contributed by atoms with E-state index in [0.717, 1.165) is 5.56 Å². The molecule has 1 aliphatic rings. The number of hydrogen-bond acceptors (Lipinski definition) is 3. The number of nitrogens with two attached hydrogens (primary N) is 1. The molecule has 1 saturated heterocycles. The minimum absolute atomic E-state index is 0.149. The van der Waals surface area contributed by atoms with E-state index in [1.54, 1.807) is 4.31 Å². The molecule has 1 fully saturated rings. The molecule has 0 spiro atoms. The molecule has 3 rings (SSSR count). The van der Waals surface area contributed by atoms with Crippen LogP contribution in [0.25, 0.3) is 0 Å². The third kappa shape index (κ3) is 3.86. The lowest BCUT2D eigenvalue weighted by atomic mass is 9.89. The van der Waals surface area contributed by atoms with Crippen LogP contribution < -0.4 is 5.73 Å². The smallest absolute Gasteiger partial charge is 0.214 e. The summed E-state index contributed by atoms with van der Waals surface area (Å²) in [4.78, 5) is 0. The molecule has 128 valence electrons. The normalized spacial score (nSPS) is 21.9. The predicted molar refractivity (Wildman–Crippen MR) is 97.2 cm³/mol. The summed E-state index contributed by atoms with van der Waals surface area (Å²) in [7, 11) is -3.26. The van der Waals surface area contributed by atoms with Gasteiger partial charge in [-0.3, -0.25) is 0 Å². The van der Waals surface area contributed by atoms with E-state index in [1.807, 2.05) is 48.5 Å². The monoisotopic (exact) mass is 344 g/mol. The number of rotatable bonds is 6. The Morgan fingerprint density at radius 2 is 1.58 bits per heavy atom. The molecule has 1 aliphatic heterocycles. The van der Waals surface area contributed by atoms with Gasteiger partial charge in [0, 0.05) is 19.0 Å². The van der Waals surface area contributed by atoms with Crippen molar-refractivity contribution in [3.05, 3.63) is 71.8 Å². The number of sulfonamides is 1. The topological polar surface area (TPSA) is 63.4 Å². The molecular weight excluding hydrogens is 320 g/mol. The minimum atomic E-state index is -3.26. The van der Waals surface area contributed by atoms with Gasteiger partial charge in [0.1, 0.15) is 0 Å². The fourth-order valence-corrected chi connectivity index (χ4v) is 4.95. The standard InChI is InChI=1S/C19H24N2O2S/c20-13-18-14-21(15-19(18)17-9-5-2-6-10-17)24(22,23)12-11-16-7-3-1-4-8-16/h1-10,18-19H,11-15,20H2/t18-,19+/m1/s1. The molecule has 24 heavy (non-hydrogen) atoms. The Balaban J connectivity index is 1.70. The molecule has 0 unspecified atom stereocenters. The summed E-state index contributed by atoms with van der Waals surface area (Å²) in [6.45, 7) is 1.56. The highest BCUT2D eigenvalue weighted by molar-refractivity contribution is 7.89. The average Bonchev–Trinajstić information content (AvgIpc) is 3.07. The lowest BCUT2D eigenvalue weighted by Gasteiger charge is -2.17. The van der Waals surface area contributed by atoms with E-state index in [4.69, 9.17) is 5.73 Å². The van der Waals surface area contributed by atoms with Crippen LogP contribution in [0.3, 0.4) is 0 Å². The molecule has 2 aromatic rings. The van der Waals surface area contributed by atoms with E-state index in [2.05, 4.69) is 12.1 Å². The van der Waals surface area contributed by atoms with Gasteiger partial charge in [0.2, 0.25) is 10.0 Å². The van der Waals surface area contributed by atoms with Crippen molar-refractivity contribution < 1.29 is 8.42 Å². The van der Waals surface area contributed by atoms with Crippen LogP contribution in [-0.2, 0) is 16.4 Å². The zero-order valence-electron chi connectivity index (χ0n) is 13.7. The molecule has 5 heteroatoms. The second-order valence-electron chi connectivity index (χ2n) is 6.38. The highest BCUT2D eigenvalue weighted by Crippen LogP contribution is 2.33. The Bertz CT molecular complexity index is 747. The van der Waals surface area contributed by atoms with Crippen LogP contribution in [0.1, 0.15) is 17.0 Å². The number of hydrogen-bond donors (Lipinski definition) is 1. The molecule has 4 nitrogen and oxygen atoms in total. The van der Waals surface area contributed by atoms with Crippen molar-refractivity contribution >= 4 is 10.0 Å². The lowest BCUT2D eigenvalue weighted by Crippen LogP contribution is -2.32. The summed E-state index contributed by atoms with van der Waals surface area (Å²) >= 11 is 0. The Morgan fingerprint density at radius 1 is 0.958 bits per heavy atom. The Kier molecular flexibility index (Phi) is 5.33. The van der Waals surface area contributed by atoms with Crippen LogP contribution in [0.5, 0.6) is 0 Å².